The fourth-order valence-corrected chi connectivity index (χ4v) is 3.06. The van der Waals surface area contributed by atoms with Gasteiger partial charge in [-0.15, -0.1) is 11.3 Å². The molecule has 0 fully saturated rings. The summed E-state index contributed by atoms with van der Waals surface area (Å²) in [6, 6.07) is 4.77. The van der Waals surface area contributed by atoms with Crippen molar-refractivity contribution in [1.82, 2.24) is 4.98 Å². The topological polar surface area (TPSA) is 40.6 Å². The Bertz CT molecular complexity index is 621. The van der Waals surface area contributed by atoms with Crippen molar-refractivity contribution in [3.63, 3.8) is 0 Å². The maximum atomic E-state index is 14.1. The maximum Gasteiger partial charge on any atom is 0.184 e. The molecule has 0 aliphatic rings. The summed E-state index contributed by atoms with van der Waals surface area (Å²) < 4.78 is 29.8. The molecular weight excluding hydrogens is 329 g/mol. The first-order valence-corrected chi connectivity index (χ1v) is 7.91. The number of thiazole rings is 1. The van der Waals surface area contributed by atoms with Gasteiger partial charge in [0.25, 0.3) is 0 Å². The minimum atomic E-state index is -0.435. The molecule has 0 unspecified atom stereocenters. The summed E-state index contributed by atoms with van der Waals surface area (Å²) >= 11 is 7.36. The van der Waals surface area contributed by atoms with Crippen LogP contribution >= 0.6 is 22.9 Å². The number of halogens is 2. The van der Waals surface area contributed by atoms with Crippen LogP contribution in [0.5, 0.6) is 5.75 Å². The molecule has 120 valence electrons. The van der Waals surface area contributed by atoms with Gasteiger partial charge < -0.3 is 14.2 Å². The van der Waals surface area contributed by atoms with Crippen molar-refractivity contribution in [2.75, 3.05) is 34.0 Å². The molecule has 22 heavy (non-hydrogen) atoms. The van der Waals surface area contributed by atoms with Crippen LogP contribution in [0.25, 0.3) is 11.3 Å². The number of hydrogen-bond acceptors (Lipinski definition) is 5. The molecule has 2 rings (SSSR count). The number of aromatic nitrogens is 1. The molecule has 0 radical (unpaired) electrons. The number of rotatable bonds is 8. The molecule has 0 aliphatic carbocycles. The molecule has 0 spiro atoms. The first kappa shape index (κ1) is 17.1. The first-order valence-electron chi connectivity index (χ1n) is 6.71. The van der Waals surface area contributed by atoms with E-state index in [0.29, 0.717) is 42.0 Å². The van der Waals surface area contributed by atoms with Crippen molar-refractivity contribution in [2.45, 2.75) is 6.42 Å². The molecular formula is C15H17ClFNO3S. The van der Waals surface area contributed by atoms with Gasteiger partial charge in [0.15, 0.2) is 16.0 Å². The van der Waals surface area contributed by atoms with Gasteiger partial charge >= 0.3 is 0 Å². The molecule has 0 amide bonds. The molecule has 0 bridgehead atoms. The van der Waals surface area contributed by atoms with Crippen molar-refractivity contribution >= 4 is 22.9 Å². The molecule has 0 atom stereocenters. The lowest BCUT2D eigenvalue weighted by atomic mass is 10.1. The average Bonchev–Trinajstić information content (AvgIpc) is 2.88. The van der Waals surface area contributed by atoms with Gasteiger partial charge in [-0.3, -0.25) is 0 Å². The van der Waals surface area contributed by atoms with Gasteiger partial charge in [0, 0.05) is 31.1 Å². The first-order chi connectivity index (χ1) is 10.7. The number of nitrogens with zero attached hydrogens (tertiary/aromatic N) is 1. The van der Waals surface area contributed by atoms with Gasteiger partial charge in [0.2, 0.25) is 0 Å². The normalized spacial score (nSPS) is 10.9. The Morgan fingerprint density at radius 3 is 2.64 bits per heavy atom. The molecule has 1 aromatic heterocycles. The Kier molecular flexibility index (Phi) is 6.57. The molecule has 0 N–H and O–H groups in total. The summed E-state index contributed by atoms with van der Waals surface area (Å²) in [5, 5.41) is 0. The van der Waals surface area contributed by atoms with Gasteiger partial charge in [-0.05, 0) is 18.2 Å². The van der Waals surface area contributed by atoms with E-state index in [4.69, 9.17) is 25.8 Å². The highest BCUT2D eigenvalue weighted by Gasteiger charge is 2.14. The lowest BCUT2D eigenvalue weighted by Gasteiger charge is -2.08. The van der Waals surface area contributed by atoms with Crippen LogP contribution in [0.4, 0.5) is 4.39 Å². The highest BCUT2D eigenvalue weighted by atomic mass is 35.5. The van der Waals surface area contributed by atoms with Crippen molar-refractivity contribution in [3.05, 3.63) is 33.4 Å². The molecule has 4 nitrogen and oxygen atoms in total. The molecule has 7 heteroatoms. The second-order valence-electron chi connectivity index (χ2n) is 4.47. The minimum Gasteiger partial charge on any atom is -0.488 e. The third-order valence-corrected chi connectivity index (χ3v) is 4.17. The van der Waals surface area contributed by atoms with E-state index in [0.717, 1.165) is 4.88 Å². The Hall–Kier alpha value is -1.21. The Morgan fingerprint density at radius 2 is 1.95 bits per heavy atom. The monoisotopic (exact) mass is 345 g/mol. The Labute approximate surface area is 137 Å². The summed E-state index contributed by atoms with van der Waals surface area (Å²) in [6.07, 6.45) is 0.684. The molecule has 2 aromatic rings. The maximum absolute atomic E-state index is 14.1. The van der Waals surface area contributed by atoms with Crippen LogP contribution in [0.3, 0.4) is 0 Å². The standard InChI is InChI=1S/C15H17ClFNO3S/c1-19-6-5-13-14(18-15(16)22-13)10-3-4-12(11(17)9-10)21-8-7-20-2/h3-4,9H,5-8H2,1-2H3. The highest BCUT2D eigenvalue weighted by Crippen LogP contribution is 2.33. The summed E-state index contributed by atoms with van der Waals surface area (Å²) in [5.41, 5.74) is 1.36. The van der Waals surface area contributed by atoms with Crippen molar-refractivity contribution in [1.29, 1.82) is 0 Å². The number of hydrogen-bond donors (Lipinski definition) is 0. The third-order valence-electron chi connectivity index (χ3n) is 2.95. The molecule has 1 aromatic carbocycles. The SMILES string of the molecule is COCCOc1ccc(-c2nc(Cl)sc2CCOC)cc1F. The van der Waals surface area contributed by atoms with Crippen LogP contribution < -0.4 is 4.74 Å². The fourth-order valence-electron chi connectivity index (χ4n) is 1.91. The largest absolute Gasteiger partial charge is 0.488 e. The minimum absolute atomic E-state index is 0.195. The van der Waals surface area contributed by atoms with Gasteiger partial charge in [0.1, 0.15) is 6.61 Å². The van der Waals surface area contributed by atoms with Gasteiger partial charge in [0.05, 0.1) is 18.9 Å². The van der Waals surface area contributed by atoms with E-state index in [-0.39, 0.29) is 5.75 Å². The number of benzene rings is 1. The molecule has 0 aliphatic heterocycles. The van der Waals surface area contributed by atoms with Crippen LogP contribution in [0.1, 0.15) is 4.88 Å². The molecule has 0 saturated heterocycles. The van der Waals surface area contributed by atoms with E-state index in [1.807, 2.05) is 0 Å². The van der Waals surface area contributed by atoms with Gasteiger partial charge in [-0.2, -0.15) is 0 Å². The third kappa shape index (κ3) is 4.39. The van der Waals surface area contributed by atoms with E-state index < -0.39 is 5.82 Å². The lowest BCUT2D eigenvalue weighted by Crippen LogP contribution is -2.05. The van der Waals surface area contributed by atoms with E-state index in [1.54, 1.807) is 26.4 Å². The van der Waals surface area contributed by atoms with Crippen LogP contribution in [0, 0.1) is 5.82 Å². The van der Waals surface area contributed by atoms with E-state index in [9.17, 15) is 4.39 Å². The summed E-state index contributed by atoms with van der Waals surface area (Å²) in [5.74, 6) is -0.240. The quantitative estimate of drug-likeness (QED) is 0.682. The van der Waals surface area contributed by atoms with Crippen LogP contribution in [0.15, 0.2) is 18.2 Å². The molecule has 1 heterocycles. The van der Waals surface area contributed by atoms with E-state index in [1.165, 1.54) is 17.4 Å². The zero-order chi connectivity index (χ0) is 15.9. The Morgan fingerprint density at radius 1 is 1.18 bits per heavy atom. The average molecular weight is 346 g/mol. The zero-order valence-electron chi connectivity index (χ0n) is 12.4. The van der Waals surface area contributed by atoms with Gasteiger partial charge in [-0.1, -0.05) is 11.6 Å². The summed E-state index contributed by atoms with van der Waals surface area (Å²) in [7, 11) is 3.20. The van der Waals surface area contributed by atoms with Crippen LogP contribution in [0.2, 0.25) is 4.47 Å². The smallest absolute Gasteiger partial charge is 0.184 e. The second kappa shape index (κ2) is 8.43. The molecule has 0 saturated carbocycles. The fraction of sp³-hybridized carbons (Fsp3) is 0.400. The van der Waals surface area contributed by atoms with E-state index in [2.05, 4.69) is 4.98 Å². The number of ether oxygens (including phenoxy) is 3. The van der Waals surface area contributed by atoms with Crippen molar-refractivity contribution in [2.24, 2.45) is 0 Å². The Balaban J connectivity index is 2.20. The number of methoxy groups -OCH3 is 2. The highest BCUT2D eigenvalue weighted by molar-refractivity contribution is 7.16. The lowest BCUT2D eigenvalue weighted by molar-refractivity contribution is 0.144. The predicted molar refractivity (Wildman–Crippen MR) is 85.5 cm³/mol. The predicted octanol–water partition coefficient (Wildman–Crippen LogP) is 3.82. The summed E-state index contributed by atoms with van der Waals surface area (Å²) in [4.78, 5) is 5.25. The van der Waals surface area contributed by atoms with E-state index >= 15 is 0 Å². The summed E-state index contributed by atoms with van der Waals surface area (Å²) in [6.45, 7) is 1.27. The second-order valence-corrected chi connectivity index (χ2v) is 6.13. The zero-order valence-corrected chi connectivity index (χ0v) is 14.0. The van der Waals surface area contributed by atoms with Crippen LogP contribution in [-0.2, 0) is 15.9 Å². The van der Waals surface area contributed by atoms with Gasteiger partial charge in [-0.25, -0.2) is 9.37 Å². The van der Waals surface area contributed by atoms with Crippen LogP contribution in [-0.4, -0.2) is 39.0 Å². The van der Waals surface area contributed by atoms with Crippen molar-refractivity contribution in [3.8, 4) is 17.0 Å². The van der Waals surface area contributed by atoms with Crippen molar-refractivity contribution < 1.29 is 18.6 Å².